The Bertz CT molecular complexity index is 906. The number of carbonyl (C=O) groups is 2. The van der Waals surface area contributed by atoms with Gasteiger partial charge in [0.15, 0.2) is 0 Å². The quantitative estimate of drug-likeness (QED) is 0.734. The number of hydrogen-bond donors (Lipinski definition) is 3. The van der Waals surface area contributed by atoms with E-state index in [4.69, 9.17) is 10.8 Å². The molecular formula is C16H16N2O5S. The van der Waals surface area contributed by atoms with Crippen molar-refractivity contribution in [2.75, 3.05) is 4.72 Å². The molecule has 0 aliphatic heterocycles. The second-order valence-electron chi connectivity index (χ2n) is 5.03. The Labute approximate surface area is 139 Å². The molecule has 2 aromatic rings. The fraction of sp³-hybridized carbons (Fsp3) is 0.125. The van der Waals surface area contributed by atoms with Crippen LogP contribution in [0.1, 0.15) is 33.2 Å². The Kier molecular flexibility index (Phi) is 4.89. The zero-order chi connectivity index (χ0) is 17.9. The molecule has 0 bridgehead atoms. The molecule has 0 unspecified atom stereocenters. The minimum Gasteiger partial charge on any atom is -0.478 e. The van der Waals surface area contributed by atoms with E-state index in [9.17, 15) is 18.0 Å². The predicted molar refractivity (Wildman–Crippen MR) is 88.5 cm³/mol. The van der Waals surface area contributed by atoms with Gasteiger partial charge in [0.25, 0.3) is 10.0 Å². The number of anilines is 1. The van der Waals surface area contributed by atoms with Crippen molar-refractivity contribution in [3.8, 4) is 0 Å². The molecule has 0 saturated carbocycles. The summed E-state index contributed by atoms with van der Waals surface area (Å²) in [6.45, 7) is 1.82. The third-order valence-corrected chi connectivity index (χ3v) is 4.77. The number of hydrogen-bond acceptors (Lipinski definition) is 4. The molecule has 0 aliphatic carbocycles. The number of carbonyl (C=O) groups excluding carboxylic acids is 1. The number of carboxylic acid groups (broad SMARTS) is 1. The minimum atomic E-state index is -4.00. The highest BCUT2D eigenvalue weighted by Crippen LogP contribution is 2.23. The van der Waals surface area contributed by atoms with Crippen LogP contribution in [-0.4, -0.2) is 25.4 Å². The maximum Gasteiger partial charge on any atom is 0.335 e. The first-order valence-corrected chi connectivity index (χ1v) is 8.52. The fourth-order valence-corrected chi connectivity index (χ4v) is 3.27. The SMILES string of the molecule is CCc1ccc(C(=O)O)cc1NS(=O)(=O)c1cccc(C(N)=O)c1. The van der Waals surface area contributed by atoms with Crippen LogP contribution in [0, 0.1) is 0 Å². The van der Waals surface area contributed by atoms with Gasteiger partial charge in [-0.1, -0.05) is 19.1 Å². The average Bonchev–Trinajstić information content (AvgIpc) is 2.54. The molecule has 2 aromatic carbocycles. The van der Waals surface area contributed by atoms with E-state index in [1.165, 1.54) is 30.3 Å². The Morgan fingerprint density at radius 2 is 1.83 bits per heavy atom. The molecule has 0 aliphatic rings. The maximum absolute atomic E-state index is 12.5. The van der Waals surface area contributed by atoms with Crippen LogP contribution >= 0.6 is 0 Å². The molecule has 0 saturated heterocycles. The van der Waals surface area contributed by atoms with Gasteiger partial charge in [0.2, 0.25) is 5.91 Å². The van der Waals surface area contributed by atoms with Gasteiger partial charge in [-0.05, 0) is 42.3 Å². The van der Waals surface area contributed by atoms with E-state index in [1.54, 1.807) is 6.07 Å². The molecule has 7 nitrogen and oxygen atoms in total. The molecule has 2 rings (SSSR count). The number of carboxylic acids is 1. The molecule has 0 atom stereocenters. The summed E-state index contributed by atoms with van der Waals surface area (Å²) in [6, 6.07) is 9.52. The number of aryl methyl sites for hydroxylation is 1. The number of nitrogens with one attached hydrogen (secondary N) is 1. The van der Waals surface area contributed by atoms with Gasteiger partial charge < -0.3 is 10.8 Å². The highest BCUT2D eigenvalue weighted by atomic mass is 32.2. The summed E-state index contributed by atoms with van der Waals surface area (Å²) in [7, 11) is -4.00. The number of benzene rings is 2. The van der Waals surface area contributed by atoms with Crippen LogP contribution in [-0.2, 0) is 16.4 Å². The molecule has 8 heteroatoms. The van der Waals surface area contributed by atoms with E-state index < -0.39 is 21.9 Å². The van der Waals surface area contributed by atoms with E-state index in [1.807, 2.05) is 6.92 Å². The van der Waals surface area contributed by atoms with Gasteiger partial charge in [0.05, 0.1) is 16.1 Å². The summed E-state index contributed by atoms with van der Waals surface area (Å²) in [4.78, 5) is 22.1. The van der Waals surface area contributed by atoms with E-state index >= 15 is 0 Å². The lowest BCUT2D eigenvalue weighted by molar-refractivity contribution is 0.0696. The number of rotatable bonds is 6. The number of aromatic carboxylic acids is 1. The molecule has 1 amide bonds. The highest BCUT2D eigenvalue weighted by Gasteiger charge is 2.18. The van der Waals surface area contributed by atoms with Gasteiger partial charge in [0, 0.05) is 5.56 Å². The van der Waals surface area contributed by atoms with E-state index in [-0.39, 0.29) is 21.7 Å². The van der Waals surface area contributed by atoms with Crippen molar-refractivity contribution >= 4 is 27.6 Å². The first-order valence-electron chi connectivity index (χ1n) is 7.03. The molecule has 4 N–H and O–H groups in total. The number of sulfonamides is 1. The molecule has 126 valence electrons. The first kappa shape index (κ1) is 17.5. The summed E-state index contributed by atoms with van der Waals surface area (Å²) in [5.41, 5.74) is 6.02. The van der Waals surface area contributed by atoms with Crippen LogP contribution in [0.5, 0.6) is 0 Å². The Balaban J connectivity index is 2.46. The molecule has 0 fully saturated rings. The molecular weight excluding hydrogens is 332 g/mol. The zero-order valence-corrected chi connectivity index (χ0v) is 13.6. The minimum absolute atomic E-state index is 0.0317. The van der Waals surface area contributed by atoms with Crippen molar-refractivity contribution in [1.29, 1.82) is 0 Å². The zero-order valence-electron chi connectivity index (χ0n) is 12.8. The number of amides is 1. The Morgan fingerprint density at radius 1 is 1.12 bits per heavy atom. The summed E-state index contributed by atoms with van der Waals surface area (Å²) < 4.78 is 27.4. The predicted octanol–water partition coefficient (Wildman–Crippen LogP) is 1.85. The van der Waals surface area contributed by atoms with Crippen LogP contribution in [0.25, 0.3) is 0 Å². The summed E-state index contributed by atoms with van der Waals surface area (Å²) in [5, 5.41) is 9.06. The van der Waals surface area contributed by atoms with E-state index in [0.717, 1.165) is 6.07 Å². The lowest BCUT2D eigenvalue weighted by Gasteiger charge is -2.13. The Hall–Kier alpha value is -2.87. The number of primary amides is 1. The first-order chi connectivity index (χ1) is 11.2. The fourth-order valence-electron chi connectivity index (χ4n) is 2.13. The van der Waals surface area contributed by atoms with Crippen LogP contribution in [0.4, 0.5) is 5.69 Å². The van der Waals surface area contributed by atoms with Gasteiger partial charge in [-0.2, -0.15) is 0 Å². The van der Waals surface area contributed by atoms with Crippen molar-refractivity contribution in [2.24, 2.45) is 5.73 Å². The lowest BCUT2D eigenvalue weighted by Crippen LogP contribution is -2.17. The molecule has 0 radical (unpaired) electrons. The van der Waals surface area contributed by atoms with Crippen molar-refractivity contribution in [3.05, 3.63) is 59.2 Å². The van der Waals surface area contributed by atoms with Gasteiger partial charge in [0.1, 0.15) is 0 Å². The van der Waals surface area contributed by atoms with Gasteiger partial charge >= 0.3 is 5.97 Å². The van der Waals surface area contributed by atoms with E-state index in [0.29, 0.717) is 12.0 Å². The second-order valence-corrected chi connectivity index (χ2v) is 6.71. The summed E-state index contributed by atoms with van der Waals surface area (Å²) in [6.07, 6.45) is 0.513. The smallest absolute Gasteiger partial charge is 0.335 e. The van der Waals surface area contributed by atoms with Crippen molar-refractivity contribution < 1.29 is 23.1 Å². The van der Waals surface area contributed by atoms with Crippen molar-refractivity contribution in [2.45, 2.75) is 18.2 Å². The standard InChI is InChI=1S/C16H16N2O5S/c1-2-10-6-7-12(16(20)21)9-14(10)18-24(22,23)13-5-3-4-11(8-13)15(17)19/h3-9,18H,2H2,1H3,(H2,17,19)(H,20,21). The van der Waals surface area contributed by atoms with Gasteiger partial charge in [-0.3, -0.25) is 9.52 Å². The maximum atomic E-state index is 12.5. The van der Waals surface area contributed by atoms with Crippen molar-refractivity contribution in [1.82, 2.24) is 0 Å². The van der Waals surface area contributed by atoms with Crippen LogP contribution in [0.2, 0.25) is 0 Å². The topological polar surface area (TPSA) is 127 Å². The summed E-state index contributed by atoms with van der Waals surface area (Å²) in [5.74, 6) is -1.90. The average molecular weight is 348 g/mol. The third-order valence-electron chi connectivity index (χ3n) is 3.41. The van der Waals surface area contributed by atoms with Crippen LogP contribution in [0.15, 0.2) is 47.4 Å². The van der Waals surface area contributed by atoms with Gasteiger partial charge in [-0.25, -0.2) is 13.2 Å². The third kappa shape index (κ3) is 3.72. The molecule has 0 aromatic heterocycles. The number of nitrogens with two attached hydrogens (primary N) is 1. The van der Waals surface area contributed by atoms with Crippen LogP contribution < -0.4 is 10.5 Å². The van der Waals surface area contributed by atoms with E-state index in [2.05, 4.69) is 4.72 Å². The lowest BCUT2D eigenvalue weighted by atomic mass is 10.1. The summed E-state index contributed by atoms with van der Waals surface area (Å²) >= 11 is 0. The molecule has 24 heavy (non-hydrogen) atoms. The highest BCUT2D eigenvalue weighted by molar-refractivity contribution is 7.92. The Morgan fingerprint density at radius 3 is 2.42 bits per heavy atom. The largest absolute Gasteiger partial charge is 0.478 e. The monoisotopic (exact) mass is 348 g/mol. The van der Waals surface area contributed by atoms with Gasteiger partial charge in [-0.15, -0.1) is 0 Å². The second kappa shape index (κ2) is 6.71. The van der Waals surface area contributed by atoms with Crippen molar-refractivity contribution in [3.63, 3.8) is 0 Å². The molecule has 0 spiro atoms. The normalized spacial score (nSPS) is 11.0. The molecule has 0 heterocycles. The van der Waals surface area contributed by atoms with Crippen LogP contribution in [0.3, 0.4) is 0 Å².